The Bertz CT molecular complexity index is 911. The fraction of sp³-hybridized carbons (Fsp3) is 0.350. The quantitative estimate of drug-likeness (QED) is 0.719. The molecule has 5 nitrogen and oxygen atoms in total. The summed E-state index contributed by atoms with van der Waals surface area (Å²) < 4.78 is 18.4. The maximum absolute atomic E-state index is 12.9. The van der Waals surface area contributed by atoms with Gasteiger partial charge < -0.3 is 9.84 Å². The lowest BCUT2D eigenvalue weighted by Crippen LogP contribution is -2.24. The van der Waals surface area contributed by atoms with Gasteiger partial charge in [0.1, 0.15) is 5.82 Å². The minimum absolute atomic E-state index is 0. The molecule has 1 aliphatic rings. The van der Waals surface area contributed by atoms with E-state index in [0.717, 1.165) is 49.2 Å². The molecular weight excluding hydrogens is 367 g/mol. The first-order valence-electron chi connectivity index (χ1n) is 8.96. The van der Waals surface area contributed by atoms with Gasteiger partial charge in [-0.15, -0.1) is 12.4 Å². The molecule has 0 saturated heterocycles. The molecule has 0 saturated carbocycles. The second-order valence-corrected chi connectivity index (χ2v) is 6.64. The number of nitrogens with zero attached hydrogens (tertiary/aromatic N) is 3. The van der Waals surface area contributed by atoms with Crippen LogP contribution in [-0.4, -0.2) is 21.7 Å². The Morgan fingerprint density at radius 2 is 2.00 bits per heavy atom. The normalized spacial score (nSPS) is 13.1. The van der Waals surface area contributed by atoms with Crippen molar-refractivity contribution < 1.29 is 8.91 Å². The molecule has 1 aliphatic heterocycles. The molecule has 0 radical (unpaired) electrons. The standard InChI is InChI=1S/C20H21FN4O.ClH/c1-13-19(17-9-10-22-11-15(17)12-23-13)20-24-18(26-25-20)4-2-3-14-5-7-16(21)8-6-14;/h5-8,12,22H,2-4,9-11H2,1H3;1H. The number of benzene rings is 1. The van der Waals surface area contributed by atoms with Crippen molar-refractivity contribution in [2.75, 3.05) is 6.54 Å². The molecular formula is C20H22ClFN4O. The highest BCUT2D eigenvalue weighted by Crippen LogP contribution is 2.28. The van der Waals surface area contributed by atoms with Gasteiger partial charge in [-0.3, -0.25) is 4.98 Å². The number of hydrogen-bond acceptors (Lipinski definition) is 5. The van der Waals surface area contributed by atoms with E-state index in [9.17, 15) is 4.39 Å². The second-order valence-electron chi connectivity index (χ2n) is 6.64. The zero-order valence-electron chi connectivity index (χ0n) is 15.2. The molecule has 0 spiro atoms. The van der Waals surface area contributed by atoms with E-state index in [1.165, 1.54) is 23.3 Å². The van der Waals surface area contributed by atoms with Gasteiger partial charge in [0.2, 0.25) is 11.7 Å². The topological polar surface area (TPSA) is 63.8 Å². The predicted octanol–water partition coefficient (Wildman–Crippen LogP) is 3.82. The SMILES string of the molecule is Cc1ncc2c(c1-c1noc(CCCc3ccc(F)cc3)n1)CCNC2.Cl. The fourth-order valence-corrected chi connectivity index (χ4v) is 3.42. The summed E-state index contributed by atoms with van der Waals surface area (Å²) in [7, 11) is 0. The summed E-state index contributed by atoms with van der Waals surface area (Å²) in [5.41, 5.74) is 5.53. The van der Waals surface area contributed by atoms with E-state index in [-0.39, 0.29) is 18.2 Å². The number of hydrogen-bond donors (Lipinski definition) is 1. The Morgan fingerprint density at radius 3 is 2.81 bits per heavy atom. The van der Waals surface area contributed by atoms with Crippen LogP contribution in [0.2, 0.25) is 0 Å². The number of pyridine rings is 1. The van der Waals surface area contributed by atoms with Gasteiger partial charge in [0, 0.05) is 30.4 Å². The average molecular weight is 389 g/mol. The van der Waals surface area contributed by atoms with Crippen LogP contribution >= 0.6 is 12.4 Å². The summed E-state index contributed by atoms with van der Waals surface area (Å²) in [6.07, 6.45) is 5.31. The zero-order chi connectivity index (χ0) is 17.9. The van der Waals surface area contributed by atoms with Crippen molar-refractivity contribution in [2.45, 2.75) is 39.2 Å². The van der Waals surface area contributed by atoms with Crippen LogP contribution in [0.1, 0.15) is 34.7 Å². The molecule has 0 aliphatic carbocycles. The minimum atomic E-state index is -0.208. The second kappa shape index (κ2) is 8.59. The van der Waals surface area contributed by atoms with Crippen LogP contribution in [0.5, 0.6) is 0 Å². The lowest BCUT2D eigenvalue weighted by atomic mass is 9.95. The average Bonchev–Trinajstić information content (AvgIpc) is 3.11. The third kappa shape index (κ3) is 4.34. The highest BCUT2D eigenvalue weighted by atomic mass is 35.5. The van der Waals surface area contributed by atoms with Crippen molar-refractivity contribution in [3.8, 4) is 11.4 Å². The van der Waals surface area contributed by atoms with E-state index in [1.807, 2.05) is 25.3 Å². The molecule has 2 aromatic heterocycles. The van der Waals surface area contributed by atoms with Crippen LogP contribution in [0.4, 0.5) is 4.39 Å². The maximum atomic E-state index is 12.9. The summed E-state index contributed by atoms with van der Waals surface area (Å²) >= 11 is 0. The molecule has 0 unspecified atom stereocenters. The third-order valence-electron chi connectivity index (χ3n) is 4.79. The van der Waals surface area contributed by atoms with E-state index in [1.54, 1.807) is 0 Å². The highest BCUT2D eigenvalue weighted by Gasteiger charge is 2.20. The van der Waals surface area contributed by atoms with Gasteiger partial charge in [-0.1, -0.05) is 17.3 Å². The van der Waals surface area contributed by atoms with E-state index < -0.39 is 0 Å². The van der Waals surface area contributed by atoms with E-state index in [4.69, 9.17) is 4.52 Å². The van der Waals surface area contributed by atoms with Crippen molar-refractivity contribution in [1.29, 1.82) is 0 Å². The van der Waals surface area contributed by atoms with Crippen molar-refractivity contribution in [3.05, 3.63) is 64.6 Å². The van der Waals surface area contributed by atoms with Gasteiger partial charge in [0.05, 0.1) is 0 Å². The summed E-state index contributed by atoms with van der Waals surface area (Å²) in [6, 6.07) is 6.61. The van der Waals surface area contributed by atoms with Crippen LogP contribution in [0.3, 0.4) is 0 Å². The Balaban J connectivity index is 0.00000210. The lowest BCUT2D eigenvalue weighted by Gasteiger charge is -2.19. The monoisotopic (exact) mass is 388 g/mol. The van der Waals surface area contributed by atoms with E-state index in [0.29, 0.717) is 18.1 Å². The Kier molecular flexibility index (Phi) is 6.19. The molecule has 0 bridgehead atoms. The maximum Gasteiger partial charge on any atom is 0.226 e. The Hall–Kier alpha value is -2.31. The summed E-state index contributed by atoms with van der Waals surface area (Å²) in [5.74, 6) is 1.05. The molecule has 0 fully saturated rings. The van der Waals surface area contributed by atoms with Crippen molar-refractivity contribution in [2.24, 2.45) is 0 Å². The van der Waals surface area contributed by atoms with Gasteiger partial charge >= 0.3 is 0 Å². The van der Waals surface area contributed by atoms with Crippen LogP contribution in [0.25, 0.3) is 11.4 Å². The molecule has 3 aromatic rings. The molecule has 0 amide bonds. The number of aromatic nitrogens is 3. The molecule has 0 atom stereocenters. The molecule has 1 N–H and O–H groups in total. The molecule has 4 rings (SSSR count). The molecule has 142 valence electrons. The van der Waals surface area contributed by atoms with E-state index in [2.05, 4.69) is 20.4 Å². The van der Waals surface area contributed by atoms with Crippen molar-refractivity contribution in [3.63, 3.8) is 0 Å². The minimum Gasteiger partial charge on any atom is -0.339 e. The number of aryl methyl sites for hydroxylation is 3. The summed E-state index contributed by atoms with van der Waals surface area (Å²) in [6.45, 7) is 3.77. The van der Waals surface area contributed by atoms with E-state index >= 15 is 0 Å². The summed E-state index contributed by atoms with van der Waals surface area (Å²) in [5, 5.41) is 7.56. The largest absolute Gasteiger partial charge is 0.339 e. The first-order chi connectivity index (χ1) is 12.7. The van der Waals surface area contributed by atoms with Crippen LogP contribution in [0.15, 0.2) is 35.0 Å². The first-order valence-corrected chi connectivity index (χ1v) is 8.96. The molecule has 3 heterocycles. The van der Waals surface area contributed by atoms with Crippen molar-refractivity contribution in [1.82, 2.24) is 20.4 Å². The Labute approximate surface area is 163 Å². The number of halogens is 2. The number of fused-ring (bicyclic) bond motifs is 1. The summed E-state index contributed by atoms with van der Waals surface area (Å²) in [4.78, 5) is 9.09. The Morgan fingerprint density at radius 1 is 1.19 bits per heavy atom. The van der Waals surface area contributed by atoms with Crippen LogP contribution in [0, 0.1) is 12.7 Å². The van der Waals surface area contributed by atoms with Gasteiger partial charge in [0.25, 0.3) is 0 Å². The van der Waals surface area contributed by atoms with Crippen LogP contribution < -0.4 is 5.32 Å². The van der Waals surface area contributed by atoms with Gasteiger partial charge in [-0.2, -0.15) is 4.98 Å². The first kappa shape index (κ1) is 19.5. The smallest absolute Gasteiger partial charge is 0.226 e. The number of rotatable bonds is 5. The molecule has 7 heteroatoms. The van der Waals surface area contributed by atoms with Gasteiger partial charge in [-0.25, -0.2) is 4.39 Å². The van der Waals surface area contributed by atoms with Gasteiger partial charge in [0.15, 0.2) is 0 Å². The van der Waals surface area contributed by atoms with Crippen LogP contribution in [-0.2, 0) is 25.8 Å². The number of nitrogens with one attached hydrogen (secondary N) is 1. The lowest BCUT2D eigenvalue weighted by molar-refractivity contribution is 0.376. The molecule has 1 aromatic carbocycles. The predicted molar refractivity (Wildman–Crippen MR) is 103 cm³/mol. The third-order valence-corrected chi connectivity index (χ3v) is 4.79. The van der Waals surface area contributed by atoms with Gasteiger partial charge in [-0.05, 0) is 61.6 Å². The molecule has 27 heavy (non-hydrogen) atoms. The van der Waals surface area contributed by atoms with Crippen molar-refractivity contribution >= 4 is 12.4 Å². The zero-order valence-corrected chi connectivity index (χ0v) is 16.0. The highest BCUT2D eigenvalue weighted by molar-refractivity contribution is 5.85. The fourth-order valence-electron chi connectivity index (χ4n) is 3.42.